The second kappa shape index (κ2) is 7.33. The molecule has 5 N–H and O–H groups in total. The third-order valence-corrected chi connectivity index (χ3v) is 4.23. The summed E-state index contributed by atoms with van der Waals surface area (Å²) < 4.78 is 1.48. The number of primary amides is 2. The number of urea groups is 1. The molecule has 138 valence electrons. The largest absolute Gasteiger partial charge is 0.364 e. The molecule has 0 saturated carbocycles. The Balaban J connectivity index is 1.98. The van der Waals surface area contributed by atoms with Crippen LogP contribution in [0.2, 0.25) is 0 Å². The second-order valence-electron chi connectivity index (χ2n) is 6.52. The number of amides is 3. The Morgan fingerprint density at radius 2 is 1.74 bits per heavy atom. The van der Waals surface area contributed by atoms with Crippen LogP contribution in [0, 0.1) is 0 Å². The Hall–Kier alpha value is -3.61. The molecule has 0 unspecified atom stereocenters. The summed E-state index contributed by atoms with van der Waals surface area (Å²) in [6, 6.07) is 15.3. The Bertz CT molecular complexity index is 990. The number of nitrogens with zero attached hydrogens (tertiary/aromatic N) is 2. The van der Waals surface area contributed by atoms with Crippen molar-refractivity contribution in [1.29, 1.82) is 0 Å². The smallest absolute Gasteiger partial charge is 0.316 e. The minimum Gasteiger partial charge on any atom is -0.364 e. The van der Waals surface area contributed by atoms with E-state index in [4.69, 9.17) is 11.5 Å². The van der Waals surface area contributed by atoms with Gasteiger partial charge in [-0.2, -0.15) is 5.10 Å². The van der Waals surface area contributed by atoms with Gasteiger partial charge in [0.05, 0.1) is 17.6 Å². The number of anilines is 1. The number of hydrogen-bond donors (Lipinski definition) is 3. The molecule has 27 heavy (non-hydrogen) atoms. The SMILES string of the molecule is CC(C)c1ccc(-c2cccc(-n3cc(NC(N)=O)c(C(N)=O)n3)c2)cc1. The van der Waals surface area contributed by atoms with Crippen molar-refractivity contribution in [3.8, 4) is 16.8 Å². The molecule has 3 aromatic rings. The molecule has 3 rings (SSSR count). The first-order valence-electron chi connectivity index (χ1n) is 8.52. The van der Waals surface area contributed by atoms with E-state index in [0.717, 1.165) is 16.8 Å². The Labute approximate surface area is 157 Å². The van der Waals surface area contributed by atoms with Crippen LogP contribution in [-0.4, -0.2) is 21.7 Å². The van der Waals surface area contributed by atoms with Crippen LogP contribution < -0.4 is 16.8 Å². The van der Waals surface area contributed by atoms with Crippen molar-refractivity contribution in [3.05, 3.63) is 66.0 Å². The van der Waals surface area contributed by atoms with Gasteiger partial charge in [-0.1, -0.05) is 50.2 Å². The fraction of sp³-hybridized carbons (Fsp3) is 0.150. The number of carbonyl (C=O) groups is 2. The van der Waals surface area contributed by atoms with E-state index in [2.05, 4.69) is 48.5 Å². The van der Waals surface area contributed by atoms with Crippen molar-refractivity contribution >= 4 is 17.6 Å². The molecule has 3 amide bonds. The van der Waals surface area contributed by atoms with Crippen molar-refractivity contribution in [2.75, 3.05) is 5.32 Å². The average Bonchev–Trinajstić information content (AvgIpc) is 3.05. The summed E-state index contributed by atoms with van der Waals surface area (Å²) in [5.41, 5.74) is 14.7. The predicted molar refractivity (Wildman–Crippen MR) is 105 cm³/mol. The number of aromatic nitrogens is 2. The number of hydrogen-bond acceptors (Lipinski definition) is 3. The predicted octanol–water partition coefficient (Wildman–Crippen LogP) is 3.25. The molecule has 1 aromatic heterocycles. The average molecular weight is 363 g/mol. The minimum atomic E-state index is -0.795. The quantitative estimate of drug-likeness (QED) is 0.646. The summed E-state index contributed by atoms with van der Waals surface area (Å²) in [7, 11) is 0. The van der Waals surface area contributed by atoms with Crippen molar-refractivity contribution in [1.82, 2.24) is 9.78 Å². The summed E-state index contributed by atoms with van der Waals surface area (Å²) in [5, 5.41) is 6.54. The van der Waals surface area contributed by atoms with E-state index >= 15 is 0 Å². The lowest BCUT2D eigenvalue weighted by molar-refractivity contribution is 0.0996. The van der Waals surface area contributed by atoms with E-state index in [1.807, 2.05) is 24.3 Å². The zero-order valence-electron chi connectivity index (χ0n) is 15.1. The van der Waals surface area contributed by atoms with E-state index in [1.165, 1.54) is 16.4 Å². The van der Waals surface area contributed by atoms with Crippen molar-refractivity contribution < 1.29 is 9.59 Å². The third kappa shape index (κ3) is 3.98. The molecule has 2 aromatic carbocycles. The van der Waals surface area contributed by atoms with Gasteiger partial charge in [-0.15, -0.1) is 0 Å². The van der Waals surface area contributed by atoms with Gasteiger partial charge in [0.2, 0.25) is 0 Å². The number of benzene rings is 2. The van der Waals surface area contributed by atoms with E-state index in [-0.39, 0.29) is 11.4 Å². The van der Waals surface area contributed by atoms with Crippen LogP contribution in [0.15, 0.2) is 54.7 Å². The standard InChI is InChI=1S/C20H21N5O2/c1-12(2)13-6-8-14(9-7-13)15-4-3-5-16(10-15)25-11-17(23-20(22)27)18(24-25)19(21)26/h3-12H,1-2H3,(H2,21,26)(H3,22,23,27). The molecular weight excluding hydrogens is 342 g/mol. The minimum absolute atomic E-state index is 0.0551. The molecule has 0 bridgehead atoms. The maximum Gasteiger partial charge on any atom is 0.316 e. The van der Waals surface area contributed by atoms with Crippen LogP contribution in [0.4, 0.5) is 10.5 Å². The Morgan fingerprint density at radius 3 is 2.33 bits per heavy atom. The molecule has 0 fully saturated rings. The zero-order valence-corrected chi connectivity index (χ0v) is 15.1. The summed E-state index contributed by atoms with van der Waals surface area (Å²) in [6.45, 7) is 4.31. The highest BCUT2D eigenvalue weighted by molar-refractivity contribution is 6.00. The topological polar surface area (TPSA) is 116 Å². The van der Waals surface area contributed by atoms with E-state index < -0.39 is 11.9 Å². The molecular formula is C20H21N5O2. The first kappa shape index (κ1) is 18.2. The van der Waals surface area contributed by atoms with E-state index in [1.54, 1.807) is 0 Å². The molecule has 7 heteroatoms. The Kier molecular flexibility index (Phi) is 4.94. The fourth-order valence-corrected chi connectivity index (χ4v) is 2.80. The zero-order chi connectivity index (χ0) is 19.6. The highest BCUT2D eigenvalue weighted by Gasteiger charge is 2.16. The van der Waals surface area contributed by atoms with Crippen molar-refractivity contribution in [2.45, 2.75) is 19.8 Å². The summed E-state index contributed by atoms with van der Waals surface area (Å²) in [5.74, 6) is -0.282. The van der Waals surface area contributed by atoms with Crippen LogP contribution >= 0.6 is 0 Å². The van der Waals surface area contributed by atoms with Crippen LogP contribution in [0.1, 0.15) is 35.8 Å². The molecule has 0 aliphatic rings. The van der Waals surface area contributed by atoms with Crippen LogP contribution in [0.3, 0.4) is 0 Å². The van der Waals surface area contributed by atoms with Crippen LogP contribution in [-0.2, 0) is 0 Å². The molecule has 0 radical (unpaired) electrons. The lowest BCUT2D eigenvalue weighted by atomic mass is 9.98. The molecule has 1 heterocycles. The third-order valence-electron chi connectivity index (χ3n) is 4.23. The van der Waals surface area contributed by atoms with E-state index in [0.29, 0.717) is 5.92 Å². The first-order chi connectivity index (χ1) is 12.8. The lowest BCUT2D eigenvalue weighted by Crippen LogP contribution is -2.22. The molecule has 0 saturated heterocycles. The van der Waals surface area contributed by atoms with Crippen molar-refractivity contribution in [2.24, 2.45) is 11.5 Å². The lowest BCUT2D eigenvalue weighted by Gasteiger charge is -2.09. The van der Waals surface area contributed by atoms with Gasteiger partial charge < -0.3 is 16.8 Å². The maximum atomic E-state index is 11.6. The number of nitrogens with two attached hydrogens (primary N) is 2. The number of nitrogens with one attached hydrogen (secondary N) is 1. The van der Waals surface area contributed by atoms with Gasteiger partial charge in [-0.25, -0.2) is 9.48 Å². The molecule has 0 aliphatic heterocycles. The summed E-state index contributed by atoms with van der Waals surface area (Å²) >= 11 is 0. The van der Waals surface area contributed by atoms with Gasteiger partial charge in [0.15, 0.2) is 5.69 Å². The van der Waals surface area contributed by atoms with Crippen LogP contribution in [0.25, 0.3) is 16.8 Å². The monoisotopic (exact) mass is 363 g/mol. The Morgan fingerprint density at radius 1 is 1.04 bits per heavy atom. The molecule has 0 aliphatic carbocycles. The van der Waals surface area contributed by atoms with Gasteiger partial charge in [-0.05, 0) is 34.7 Å². The normalized spacial score (nSPS) is 10.8. The first-order valence-corrected chi connectivity index (χ1v) is 8.52. The molecule has 0 atom stereocenters. The maximum absolute atomic E-state index is 11.6. The van der Waals surface area contributed by atoms with Gasteiger partial charge >= 0.3 is 6.03 Å². The highest BCUT2D eigenvalue weighted by atomic mass is 16.2. The van der Waals surface area contributed by atoms with Crippen LogP contribution in [0.5, 0.6) is 0 Å². The van der Waals surface area contributed by atoms with Gasteiger partial charge in [0.25, 0.3) is 5.91 Å². The van der Waals surface area contributed by atoms with Gasteiger partial charge in [-0.3, -0.25) is 4.79 Å². The van der Waals surface area contributed by atoms with Gasteiger partial charge in [0, 0.05) is 0 Å². The second-order valence-corrected chi connectivity index (χ2v) is 6.52. The number of carbonyl (C=O) groups excluding carboxylic acids is 2. The summed E-state index contributed by atoms with van der Waals surface area (Å²) in [6.07, 6.45) is 1.51. The van der Waals surface area contributed by atoms with Crippen molar-refractivity contribution in [3.63, 3.8) is 0 Å². The number of rotatable bonds is 5. The molecule has 7 nitrogen and oxygen atoms in total. The molecule has 0 spiro atoms. The highest BCUT2D eigenvalue weighted by Crippen LogP contribution is 2.25. The van der Waals surface area contributed by atoms with Gasteiger partial charge in [0.1, 0.15) is 0 Å². The van der Waals surface area contributed by atoms with E-state index in [9.17, 15) is 9.59 Å². The summed E-state index contributed by atoms with van der Waals surface area (Å²) in [4.78, 5) is 22.7. The fourth-order valence-electron chi connectivity index (χ4n) is 2.80.